The molecule has 0 aliphatic carbocycles. The Kier molecular flexibility index (Phi) is 2.44. The highest BCUT2D eigenvalue weighted by Gasteiger charge is 2.22. The summed E-state index contributed by atoms with van der Waals surface area (Å²) in [6, 6.07) is 0.217. The molecule has 1 saturated heterocycles. The molecule has 2 N–H and O–H groups in total. The predicted octanol–water partition coefficient (Wildman–Crippen LogP) is 0.854. The van der Waals surface area contributed by atoms with E-state index in [2.05, 4.69) is 20.0 Å². The number of anilines is 1. The van der Waals surface area contributed by atoms with Crippen molar-refractivity contribution in [1.82, 2.24) is 15.1 Å². The number of aromatic nitrogens is 3. The zero-order valence-electron chi connectivity index (χ0n) is 9.76. The van der Waals surface area contributed by atoms with E-state index in [0.29, 0.717) is 5.71 Å². The quantitative estimate of drug-likeness (QED) is 0.786. The molecule has 0 bridgehead atoms. The van der Waals surface area contributed by atoms with E-state index < -0.39 is 0 Å². The van der Waals surface area contributed by atoms with Crippen LogP contribution in [0.2, 0.25) is 0 Å². The molecule has 0 amide bonds. The van der Waals surface area contributed by atoms with E-state index in [0.717, 1.165) is 42.8 Å². The minimum Gasteiger partial charge on any atom is -0.354 e. The zero-order chi connectivity index (χ0) is 11.8. The van der Waals surface area contributed by atoms with Gasteiger partial charge in [-0.1, -0.05) is 5.16 Å². The Labute approximate surface area is 98.8 Å². The third-order valence-corrected chi connectivity index (χ3v) is 3.18. The van der Waals surface area contributed by atoms with Crippen LogP contribution < -0.4 is 10.6 Å². The van der Waals surface area contributed by atoms with Gasteiger partial charge in [0.15, 0.2) is 0 Å². The molecule has 0 unspecified atom stereocenters. The van der Waals surface area contributed by atoms with Crippen molar-refractivity contribution in [1.29, 1.82) is 0 Å². The molecule has 1 fully saturated rings. The lowest BCUT2D eigenvalue weighted by molar-refractivity contribution is 0.442. The Bertz CT molecular complexity index is 538. The standard InChI is InChI=1S/C11H15N5O/c1-7-9-10(13-6-14-11(9)17-15-7)16-4-2-3-8(12)5-16/h6,8H,2-5,12H2,1H3/t8-/m1/s1. The van der Waals surface area contributed by atoms with Crippen LogP contribution >= 0.6 is 0 Å². The second kappa shape index (κ2) is 3.96. The third-order valence-electron chi connectivity index (χ3n) is 3.18. The number of fused-ring (bicyclic) bond motifs is 1. The SMILES string of the molecule is Cc1noc2ncnc(N3CCC[C@@H](N)C3)c12. The lowest BCUT2D eigenvalue weighted by atomic mass is 10.1. The highest BCUT2D eigenvalue weighted by Crippen LogP contribution is 2.27. The summed E-state index contributed by atoms with van der Waals surface area (Å²) >= 11 is 0. The van der Waals surface area contributed by atoms with Crippen LogP contribution in [0.25, 0.3) is 11.1 Å². The fraction of sp³-hybridized carbons (Fsp3) is 0.545. The Hall–Kier alpha value is -1.69. The van der Waals surface area contributed by atoms with Gasteiger partial charge >= 0.3 is 0 Å². The van der Waals surface area contributed by atoms with Crippen LogP contribution in [0.5, 0.6) is 0 Å². The Morgan fingerprint density at radius 1 is 1.47 bits per heavy atom. The van der Waals surface area contributed by atoms with Crippen LogP contribution in [0.1, 0.15) is 18.5 Å². The van der Waals surface area contributed by atoms with Crippen molar-refractivity contribution in [3.05, 3.63) is 12.0 Å². The zero-order valence-corrected chi connectivity index (χ0v) is 9.76. The second-order valence-corrected chi connectivity index (χ2v) is 4.49. The van der Waals surface area contributed by atoms with Gasteiger partial charge in [-0.2, -0.15) is 4.98 Å². The van der Waals surface area contributed by atoms with Crippen LogP contribution in [0.15, 0.2) is 10.9 Å². The van der Waals surface area contributed by atoms with Crippen molar-refractivity contribution in [2.24, 2.45) is 5.73 Å². The average molecular weight is 233 g/mol. The van der Waals surface area contributed by atoms with Crippen molar-refractivity contribution in [3.63, 3.8) is 0 Å². The van der Waals surface area contributed by atoms with Crippen LogP contribution in [0.3, 0.4) is 0 Å². The van der Waals surface area contributed by atoms with E-state index in [1.165, 1.54) is 6.33 Å². The van der Waals surface area contributed by atoms with Crippen LogP contribution in [0, 0.1) is 6.92 Å². The van der Waals surface area contributed by atoms with Crippen molar-refractivity contribution >= 4 is 16.9 Å². The van der Waals surface area contributed by atoms with Gasteiger partial charge in [-0.05, 0) is 19.8 Å². The number of rotatable bonds is 1. The number of hydrogen-bond donors (Lipinski definition) is 1. The van der Waals surface area contributed by atoms with Crippen LogP contribution in [-0.2, 0) is 0 Å². The largest absolute Gasteiger partial charge is 0.354 e. The van der Waals surface area contributed by atoms with Crippen LogP contribution in [-0.4, -0.2) is 34.3 Å². The molecule has 3 heterocycles. The summed E-state index contributed by atoms with van der Waals surface area (Å²) < 4.78 is 5.15. The first-order chi connectivity index (χ1) is 8.25. The first-order valence-corrected chi connectivity index (χ1v) is 5.83. The maximum absolute atomic E-state index is 6.00. The Morgan fingerprint density at radius 3 is 3.18 bits per heavy atom. The maximum Gasteiger partial charge on any atom is 0.263 e. The van der Waals surface area contributed by atoms with Gasteiger partial charge < -0.3 is 15.2 Å². The minimum absolute atomic E-state index is 0.217. The summed E-state index contributed by atoms with van der Waals surface area (Å²) in [6.07, 6.45) is 3.69. The van der Waals surface area contributed by atoms with E-state index in [9.17, 15) is 0 Å². The summed E-state index contributed by atoms with van der Waals surface area (Å²) in [5.74, 6) is 0.893. The Balaban J connectivity index is 2.07. The van der Waals surface area contributed by atoms with E-state index in [1.54, 1.807) is 0 Å². The van der Waals surface area contributed by atoms with E-state index in [1.807, 2.05) is 6.92 Å². The van der Waals surface area contributed by atoms with E-state index in [-0.39, 0.29) is 6.04 Å². The van der Waals surface area contributed by atoms with Gasteiger partial charge in [-0.3, -0.25) is 0 Å². The smallest absolute Gasteiger partial charge is 0.263 e. The van der Waals surface area contributed by atoms with Gasteiger partial charge in [0.2, 0.25) is 0 Å². The fourth-order valence-electron chi connectivity index (χ4n) is 2.35. The Morgan fingerprint density at radius 2 is 2.35 bits per heavy atom. The van der Waals surface area contributed by atoms with Gasteiger partial charge in [0.05, 0.1) is 5.69 Å². The summed E-state index contributed by atoms with van der Waals surface area (Å²) in [5, 5.41) is 4.84. The van der Waals surface area contributed by atoms with Crippen molar-refractivity contribution in [3.8, 4) is 0 Å². The lowest BCUT2D eigenvalue weighted by Gasteiger charge is -2.31. The topological polar surface area (TPSA) is 81.1 Å². The predicted molar refractivity (Wildman–Crippen MR) is 63.8 cm³/mol. The van der Waals surface area contributed by atoms with Gasteiger partial charge in [-0.15, -0.1) is 0 Å². The molecule has 6 heteroatoms. The molecular weight excluding hydrogens is 218 g/mol. The molecule has 0 aromatic carbocycles. The molecule has 1 aliphatic heterocycles. The minimum atomic E-state index is 0.217. The summed E-state index contributed by atoms with van der Waals surface area (Å²) in [5.41, 5.74) is 7.37. The van der Waals surface area contributed by atoms with E-state index >= 15 is 0 Å². The normalized spacial score (nSPS) is 21.1. The lowest BCUT2D eigenvalue weighted by Crippen LogP contribution is -2.43. The van der Waals surface area contributed by atoms with Gasteiger partial charge in [-0.25, -0.2) is 4.98 Å². The molecule has 0 radical (unpaired) electrons. The third kappa shape index (κ3) is 1.74. The highest BCUT2D eigenvalue weighted by molar-refractivity contribution is 5.87. The first kappa shape index (κ1) is 10.5. The molecule has 17 heavy (non-hydrogen) atoms. The fourth-order valence-corrected chi connectivity index (χ4v) is 2.35. The van der Waals surface area contributed by atoms with E-state index in [4.69, 9.17) is 10.3 Å². The van der Waals surface area contributed by atoms with Crippen molar-refractivity contribution in [2.75, 3.05) is 18.0 Å². The van der Waals surface area contributed by atoms with Crippen molar-refractivity contribution < 1.29 is 4.52 Å². The van der Waals surface area contributed by atoms with Gasteiger partial charge in [0.25, 0.3) is 5.71 Å². The number of hydrogen-bond acceptors (Lipinski definition) is 6. The summed E-state index contributed by atoms with van der Waals surface area (Å²) in [7, 11) is 0. The van der Waals surface area contributed by atoms with Gasteiger partial charge in [0.1, 0.15) is 17.5 Å². The van der Waals surface area contributed by atoms with Crippen LogP contribution in [0.4, 0.5) is 5.82 Å². The molecule has 2 aromatic heterocycles. The highest BCUT2D eigenvalue weighted by atomic mass is 16.5. The molecule has 0 saturated carbocycles. The van der Waals surface area contributed by atoms with Crippen molar-refractivity contribution in [2.45, 2.75) is 25.8 Å². The number of aryl methyl sites for hydroxylation is 1. The first-order valence-electron chi connectivity index (χ1n) is 5.83. The van der Waals surface area contributed by atoms with Gasteiger partial charge in [0, 0.05) is 19.1 Å². The number of nitrogens with zero attached hydrogens (tertiary/aromatic N) is 4. The summed E-state index contributed by atoms with van der Waals surface area (Å²) in [6.45, 7) is 3.71. The number of nitrogens with two attached hydrogens (primary N) is 1. The molecule has 1 atom stereocenters. The molecule has 0 spiro atoms. The average Bonchev–Trinajstić information content (AvgIpc) is 2.71. The molecule has 2 aromatic rings. The molecule has 6 nitrogen and oxygen atoms in total. The molecule has 3 rings (SSSR count). The summed E-state index contributed by atoms with van der Waals surface area (Å²) in [4.78, 5) is 10.6. The molecule has 1 aliphatic rings. The second-order valence-electron chi connectivity index (χ2n) is 4.49. The maximum atomic E-state index is 6.00. The molecule has 90 valence electrons. The monoisotopic (exact) mass is 233 g/mol. The number of piperidine rings is 1. The molecular formula is C11H15N5O.